The van der Waals surface area contributed by atoms with Crippen LogP contribution in [0.2, 0.25) is 0 Å². The van der Waals surface area contributed by atoms with E-state index in [-0.39, 0.29) is 11.7 Å². The van der Waals surface area contributed by atoms with Gasteiger partial charge in [-0.3, -0.25) is 16.0 Å². The van der Waals surface area contributed by atoms with E-state index in [2.05, 4.69) is 16.0 Å². The highest BCUT2D eigenvalue weighted by Gasteiger charge is 2.20. The van der Waals surface area contributed by atoms with Crippen LogP contribution in [0.4, 0.5) is 0 Å². The smallest absolute Gasteiger partial charge is 0.111 e. The molecule has 0 amide bonds. The van der Waals surface area contributed by atoms with E-state index >= 15 is 0 Å². The first-order valence-corrected chi connectivity index (χ1v) is 4.32. The lowest BCUT2D eigenvalue weighted by molar-refractivity contribution is 0.337. The van der Waals surface area contributed by atoms with E-state index in [1.165, 1.54) is 0 Å². The minimum Gasteiger partial charge on any atom is -0.329 e. The van der Waals surface area contributed by atoms with Crippen molar-refractivity contribution in [1.29, 1.82) is 0 Å². The molecule has 0 aromatic heterocycles. The van der Waals surface area contributed by atoms with Crippen molar-refractivity contribution in [2.45, 2.75) is 11.7 Å². The Labute approximate surface area is 71.9 Å². The van der Waals surface area contributed by atoms with Crippen LogP contribution in [-0.2, 0) is 0 Å². The van der Waals surface area contributed by atoms with Crippen LogP contribution in [0.15, 0.2) is 0 Å². The van der Waals surface area contributed by atoms with Gasteiger partial charge in [0.15, 0.2) is 0 Å². The maximum absolute atomic E-state index is 5.94. The Morgan fingerprint density at radius 2 is 2.18 bits per heavy atom. The van der Waals surface area contributed by atoms with E-state index < -0.39 is 0 Å². The van der Waals surface area contributed by atoms with Gasteiger partial charge in [0.25, 0.3) is 0 Å². The highest BCUT2D eigenvalue weighted by Crippen LogP contribution is 1.98. The molecule has 0 spiro atoms. The zero-order valence-corrected chi connectivity index (χ0v) is 7.19. The SMILES string of the molecule is NCCN[C@@H]1NCCN[C@H]1Cl. The standard InChI is InChI=1S/C6H15ClN4/c7-5-6(10-2-1-8)11-4-3-9-5/h5-6,9-11H,1-4,8H2/t5-,6-/m1/s1. The van der Waals surface area contributed by atoms with E-state index in [1.807, 2.05) is 0 Å². The summed E-state index contributed by atoms with van der Waals surface area (Å²) in [5.74, 6) is 0. The molecule has 1 rings (SSSR count). The lowest BCUT2D eigenvalue weighted by Crippen LogP contribution is -2.60. The molecule has 0 unspecified atom stereocenters. The Balaban J connectivity index is 2.18. The maximum Gasteiger partial charge on any atom is 0.111 e. The number of alkyl halides is 1. The summed E-state index contributed by atoms with van der Waals surface area (Å²) < 4.78 is 0. The second-order valence-corrected chi connectivity index (χ2v) is 3.00. The average Bonchev–Trinajstić information content (AvgIpc) is 2.03. The van der Waals surface area contributed by atoms with Crippen LogP contribution in [0.1, 0.15) is 0 Å². The van der Waals surface area contributed by atoms with Crippen molar-refractivity contribution in [1.82, 2.24) is 16.0 Å². The second-order valence-electron chi connectivity index (χ2n) is 2.53. The van der Waals surface area contributed by atoms with Crippen LogP contribution >= 0.6 is 11.6 Å². The predicted octanol–water partition coefficient (Wildman–Crippen LogP) is -1.38. The number of halogens is 1. The van der Waals surface area contributed by atoms with Crippen molar-refractivity contribution in [2.24, 2.45) is 5.73 Å². The van der Waals surface area contributed by atoms with Crippen molar-refractivity contribution in [3.63, 3.8) is 0 Å². The summed E-state index contributed by atoms with van der Waals surface area (Å²) in [6, 6.07) is 0. The Morgan fingerprint density at radius 1 is 1.45 bits per heavy atom. The van der Waals surface area contributed by atoms with E-state index in [1.54, 1.807) is 0 Å². The third kappa shape index (κ3) is 2.92. The lowest BCUT2D eigenvalue weighted by Gasteiger charge is -2.30. The van der Waals surface area contributed by atoms with Crippen molar-refractivity contribution < 1.29 is 0 Å². The summed E-state index contributed by atoms with van der Waals surface area (Å²) in [4.78, 5) is 0. The van der Waals surface area contributed by atoms with Gasteiger partial charge in [-0.05, 0) is 0 Å². The topological polar surface area (TPSA) is 62.1 Å². The zero-order chi connectivity index (χ0) is 8.10. The first kappa shape index (κ1) is 9.22. The highest BCUT2D eigenvalue weighted by atomic mass is 35.5. The van der Waals surface area contributed by atoms with Crippen LogP contribution in [0.3, 0.4) is 0 Å². The number of nitrogens with one attached hydrogen (secondary N) is 3. The van der Waals surface area contributed by atoms with Gasteiger partial charge in [-0.1, -0.05) is 0 Å². The zero-order valence-electron chi connectivity index (χ0n) is 6.44. The molecule has 0 aromatic carbocycles. The molecule has 0 saturated carbocycles. The van der Waals surface area contributed by atoms with Crippen molar-refractivity contribution >= 4 is 11.6 Å². The molecule has 5 heteroatoms. The van der Waals surface area contributed by atoms with Crippen LogP contribution in [0.25, 0.3) is 0 Å². The second kappa shape index (κ2) is 4.90. The molecular weight excluding hydrogens is 164 g/mol. The fourth-order valence-corrected chi connectivity index (χ4v) is 1.36. The molecule has 66 valence electrons. The van der Waals surface area contributed by atoms with Crippen LogP contribution in [0.5, 0.6) is 0 Å². The summed E-state index contributed by atoms with van der Waals surface area (Å²) in [6.07, 6.45) is 0.147. The van der Waals surface area contributed by atoms with Gasteiger partial charge in [-0.25, -0.2) is 0 Å². The van der Waals surface area contributed by atoms with Gasteiger partial charge in [0.1, 0.15) is 5.50 Å². The van der Waals surface area contributed by atoms with E-state index in [0.717, 1.165) is 19.6 Å². The summed E-state index contributed by atoms with van der Waals surface area (Å²) in [7, 11) is 0. The molecular formula is C6H15ClN4. The van der Waals surface area contributed by atoms with Crippen molar-refractivity contribution in [3.8, 4) is 0 Å². The van der Waals surface area contributed by atoms with Gasteiger partial charge in [0.05, 0.1) is 6.17 Å². The summed E-state index contributed by atoms with van der Waals surface area (Å²) in [5.41, 5.74) is 5.31. The Bertz CT molecular complexity index is 111. The third-order valence-corrected chi connectivity index (χ3v) is 2.04. The first-order chi connectivity index (χ1) is 5.34. The molecule has 2 atom stereocenters. The molecule has 1 aliphatic heterocycles. The van der Waals surface area contributed by atoms with E-state index in [9.17, 15) is 0 Å². The predicted molar refractivity (Wildman–Crippen MR) is 46.5 cm³/mol. The molecule has 5 N–H and O–H groups in total. The molecule has 0 aromatic rings. The molecule has 0 bridgehead atoms. The van der Waals surface area contributed by atoms with Crippen LogP contribution in [0, 0.1) is 0 Å². The molecule has 0 aliphatic carbocycles. The normalized spacial score (nSPS) is 32.2. The molecule has 1 heterocycles. The molecule has 1 saturated heterocycles. The molecule has 0 radical (unpaired) electrons. The molecule has 4 nitrogen and oxygen atoms in total. The van der Waals surface area contributed by atoms with Gasteiger partial charge >= 0.3 is 0 Å². The molecule has 11 heavy (non-hydrogen) atoms. The Morgan fingerprint density at radius 3 is 2.82 bits per heavy atom. The largest absolute Gasteiger partial charge is 0.329 e. The van der Waals surface area contributed by atoms with E-state index in [4.69, 9.17) is 17.3 Å². The number of hydrogen-bond donors (Lipinski definition) is 4. The number of rotatable bonds is 3. The summed E-state index contributed by atoms with van der Waals surface area (Å²) >= 11 is 5.94. The van der Waals surface area contributed by atoms with Crippen molar-refractivity contribution in [3.05, 3.63) is 0 Å². The van der Waals surface area contributed by atoms with Gasteiger partial charge in [0, 0.05) is 26.2 Å². The van der Waals surface area contributed by atoms with Crippen LogP contribution in [-0.4, -0.2) is 37.8 Å². The average molecular weight is 179 g/mol. The van der Waals surface area contributed by atoms with Gasteiger partial charge in [-0.2, -0.15) is 0 Å². The fraction of sp³-hybridized carbons (Fsp3) is 1.00. The Hall–Kier alpha value is 0.130. The highest BCUT2D eigenvalue weighted by molar-refractivity contribution is 6.20. The van der Waals surface area contributed by atoms with Crippen LogP contribution < -0.4 is 21.7 Å². The molecule has 1 aliphatic rings. The number of piperazine rings is 1. The quantitative estimate of drug-likeness (QED) is 0.318. The minimum atomic E-state index is -0.0321. The Kier molecular flexibility index (Phi) is 4.11. The molecule has 1 fully saturated rings. The monoisotopic (exact) mass is 178 g/mol. The lowest BCUT2D eigenvalue weighted by atomic mass is 10.3. The summed E-state index contributed by atoms with van der Waals surface area (Å²) in [5, 5.41) is 9.57. The number of hydrogen-bond acceptors (Lipinski definition) is 4. The first-order valence-electron chi connectivity index (χ1n) is 3.89. The van der Waals surface area contributed by atoms with Crippen molar-refractivity contribution in [2.75, 3.05) is 26.2 Å². The maximum atomic E-state index is 5.94. The van der Waals surface area contributed by atoms with Gasteiger partial charge in [-0.15, -0.1) is 11.6 Å². The van der Waals surface area contributed by atoms with Gasteiger partial charge in [0.2, 0.25) is 0 Å². The number of nitrogens with two attached hydrogens (primary N) is 1. The summed E-state index contributed by atoms with van der Waals surface area (Å²) in [6.45, 7) is 3.31. The van der Waals surface area contributed by atoms with Gasteiger partial charge < -0.3 is 5.73 Å². The minimum absolute atomic E-state index is 0.0321. The fourth-order valence-electron chi connectivity index (χ4n) is 1.07. The third-order valence-electron chi connectivity index (χ3n) is 1.63. The van der Waals surface area contributed by atoms with E-state index in [0.29, 0.717) is 6.54 Å².